The molecule has 0 aliphatic heterocycles. The molecule has 0 spiro atoms. The molecule has 0 aromatic heterocycles. The van der Waals surface area contributed by atoms with Gasteiger partial charge in [0, 0.05) is 0 Å². The second-order valence-corrected chi connectivity index (χ2v) is 4.45. The summed E-state index contributed by atoms with van der Waals surface area (Å²) in [4.78, 5) is 11.0. The van der Waals surface area contributed by atoms with Crippen LogP contribution in [0.25, 0.3) is 0 Å². The molecule has 0 radical (unpaired) electrons. The van der Waals surface area contributed by atoms with E-state index in [1.165, 1.54) is 0 Å². The Balaban J connectivity index is 3.66. The molecule has 0 saturated carbocycles. The third-order valence-corrected chi connectivity index (χ3v) is 1.32. The first-order valence-electron chi connectivity index (χ1n) is 4.64. The van der Waals surface area contributed by atoms with Crippen LogP contribution in [-0.4, -0.2) is 24.9 Å². The second kappa shape index (κ2) is 4.62. The standard InChI is InChI=1S/C8H17BF2NO2/c1-8(2,3)14-7(13)12-6-5-9(4,10)11/h5-6H2,1-4H3,(H,12,13)/q-1. The first-order chi connectivity index (χ1) is 6.10. The van der Waals surface area contributed by atoms with Crippen molar-refractivity contribution in [2.45, 2.75) is 39.5 Å². The largest absolute Gasteiger partial charge is 0.478 e. The Kier molecular flexibility index (Phi) is 4.35. The quantitative estimate of drug-likeness (QED) is 0.723. The van der Waals surface area contributed by atoms with Crippen LogP contribution in [0.3, 0.4) is 0 Å². The Bertz CT molecular complexity index is 198. The number of hydrogen-bond acceptors (Lipinski definition) is 2. The van der Waals surface area contributed by atoms with Gasteiger partial charge in [-0.1, -0.05) is 0 Å². The molecule has 1 N–H and O–H groups in total. The van der Waals surface area contributed by atoms with Gasteiger partial charge in [-0.25, -0.2) is 4.79 Å². The Morgan fingerprint density at radius 1 is 1.43 bits per heavy atom. The normalized spacial score (nSPS) is 12.4. The van der Waals surface area contributed by atoms with Crippen LogP contribution < -0.4 is 5.32 Å². The van der Waals surface area contributed by atoms with Crippen molar-refractivity contribution in [1.82, 2.24) is 5.32 Å². The van der Waals surface area contributed by atoms with E-state index >= 15 is 0 Å². The van der Waals surface area contributed by atoms with Crippen molar-refractivity contribution in [1.29, 1.82) is 0 Å². The molecular formula is C8H17BF2NO2-. The number of hydrogen-bond donors (Lipinski definition) is 1. The summed E-state index contributed by atoms with van der Waals surface area (Å²) in [5.74, 6) is 0. The number of rotatable bonds is 3. The maximum Gasteiger partial charge on any atom is 0.407 e. The number of halogens is 2. The Hall–Kier alpha value is -0.805. The van der Waals surface area contributed by atoms with Crippen molar-refractivity contribution in [2.24, 2.45) is 0 Å². The van der Waals surface area contributed by atoms with Gasteiger partial charge < -0.3 is 18.7 Å². The summed E-state index contributed by atoms with van der Waals surface area (Å²) in [7, 11) is 0. The Labute approximate surface area is 83.2 Å². The average Bonchev–Trinajstić information content (AvgIpc) is 1.78. The minimum atomic E-state index is -3.34. The van der Waals surface area contributed by atoms with Gasteiger partial charge >= 0.3 is 12.8 Å². The molecule has 0 rings (SSSR count). The number of alkyl carbamates (subject to hydrolysis) is 1. The van der Waals surface area contributed by atoms with Gasteiger partial charge in [0.25, 0.3) is 0 Å². The van der Waals surface area contributed by atoms with Crippen molar-refractivity contribution in [2.75, 3.05) is 6.54 Å². The van der Waals surface area contributed by atoms with Crippen LogP contribution in [0.4, 0.5) is 13.4 Å². The lowest BCUT2D eigenvalue weighted by Gasteiger charge is -2.21. The first-order valence-corrected chi connectivity index (χ1v) is 4.64. The van der Waals surface area contributed by atoms with Crippen LogP contribution in [0.5, 0.6) is 0 Å². The second-order valence-electron chi connectivity index (χ2n) is 4.45. The summed E-state index contributed by atoms with van der Waals surface area (Å²) < 4.78 is 29.6. The number of amides is 1. The summed E-state index contributed by atoms with van der Waals surface area (Å²) in [5.41, 5.74) is -0.593. The summed E-state index contributed by atoms with van der Waals surface area (Å²) >= 11 is 0. The Morgan fingerprint density at radius 2 is 1.93 bits per heavy atom. The fourth-order valence-electron chi connectivity index (χ4n) is 0.742. The number of ether oxygens (including phenoxy) is 1. The minimum absolute atomic E-state index is 0.0571. The molecule has 0 unspecified atom stereocenters. The molecule has 0 aliphatic carbocycles. The van der Waals surface area contributed by atoms with E-state index in [2.05, 4.69) is 5.32 Å². The first kappa shape index (κ1) is 13.2. The van der Waals surface area contributed by atoms with Crippen LogP contribution in [0.1, 0.15) is 20.8 Å². The molecule has 0 atom stereocenters. The predicted octanol–water partition coefficient (Wildman–Crippen LogP) is 2.52. The minimum Gasteiger partial charge on any atom is -0.478 e. The van der Waals surface area contributed by atoms with Gasteiger partial charge in [0.1, 0.15) is 5.60 Å². The lowest BCUT2D eigenvalue weighted by molar-refractivity contribution is 0.0530. The van der Waals surface area contributed by atoms with Crippen LogP contribution >= 0.6 is 0 Å². The van der Waals surface area contributed by atoms with E-state index in [0.717, 1.165) is 6.82 Å². The topological polar surface area (TPSA) is 38.3 Å². The van der Waals surface area contributed by atoms with Crippen LogP contribution in [0, 0.1) is 0 Å². The molecule has 0 heterocycles. The third-order valence-electron chi connectivity index (χ3n) is 1.32. The van der Waals surface area contributed by atoms with Crippen molar-refractivity contribution < 1.29 is 18.2 Å². The van der Waals surface area contributed by atoms with E-state index in [-0.39, 0.29) is 12.9 Å². The number of carbonyl (C=O) groups is 1. The molecule has 0 aromatic carbocycles. The van der Waals surface area contributed by atoms with E-state index in [9.17, 15) is 13.4 Å². The highest BCUT2D eigenvalue weighted by Crippen LogP contribution is 2.11. The molecule has 84 valence electrons. The van der Waals surface area contributed by atoms with Crippen molar-refractivity contribution in [3.05, 3.63) is 0 Å². The summed E-state index contributed by atoms with van der Waals surface area (Å²) in [6, 6.07) is 0. The monoisotopic (exact) mass is 208 g/mol. The number of carbonyl (C=O) groups excluding carboxylic acids is 1. The maximum absolute atomic E-state index is 12.4. The van der Waals surface area contributed by atoms with Gasteiger partial charge in [-0.3, -0.25) is 0 Å². The van der Waals surface area contributed by atoms with Gasteiger partial charge in [0.15, 0.2) is 0 Å². The average molecular weight is 208 g/mol. The zero-order valence-electron chi connectivity index (χ0n) is 9.06. The van der Waals surface area contributed by atoms with Crippen molar-refractivity contribution in [3.8, 4) is 0 Å². The van der Waals surface area contributed by atoms with E-state index in [0.29, 0.717) is 0 Å². The highest BCUT2D eigenvalue weighted by molar-refractivity contribution is 6.64. The van der Waals surface area contributed by atoms with E-state index in [1.807, 2.05) is 0 Å². The molecule has 0 bridgehead atoms. The Morgan fingerprint density at radius 3 is 2.29 bits per heavy atom. The number of nitrogens with one attached hydrogen (secondary N) is 1. The van der Waals surface area contributed by atoms with Gasteiger partial charge in [-0.2, -0.15) is 0 Å². The molecule has 0 saturated heterocycles. The van der Waals surface area contributed by atoms with E-state index < -0.39 is 18.4 Å². The zero-order chi connectivity index (χ0) is 11.4. The highest BCUT2D eigenvalue weighted by atomic mass is 19.2. The van der Waals surface area contributed by atoms with Gasteiger partial charge in [0.2, 0.25) is 0 Å². The van der Waals surface area contributed by atoms with E-state index in [1.54, 1.807) is 20.8 Å². The lowest BCUT2D eigenvalue weighted by atomic mass is 9.65. The van der Waals surface area contributed by atoms with Crippen molar-refractivity contribution in [3.63, 3.8) is 0 Å². The molecular weight excluding hydrogens is 191 g/mol. The zero-order valence-corrected chi connectivity index (χ0v) is 9.06. The fraction of sp³-hybridized carbons (Fsp3) is 0.875. The van der Waals surface area contributed by atoms with E-state index in [4.69, 9.17) is 4.74 Å². The molecule has 6 heteroatoms. The molecule has 0 aliphatic rings. The van der Waals surface area contributed by atoms with Crippen LogP contribution in [0.15, 0.2) is 0 Å². The molecule has 1 amide bonds. The molecule has 14 heavy (non-hydrogen) atoms. The molecule has 0 fully saturated rings. The maximum atomic E-state index is 12.4. The summed E-state index contributed by atoms with van der Waals surface area (Å²) in [5, 5.41) is 2.27. The summed E-state index contributed by atoms with van der Waals surface area (Å²) in [6.07, 6.45) is -0.975. The smallest absolute Gasteiger partial charge is 0.407 e. The summed E-state index contributed by atoms with van der Waals surface area (Å²) in [6.45, 7) is 2.62. The van der Waals surface area contributed by atoms with Gasteiger partial charge in [-0.15, -0.1) is 13.1 Å². The van der Waals surface area contributed by atoms with Crippen LogP contribution in [-0.2, 0) is 4.74 Å². The lowest BCUT2D eigenvalue weighted by Crippen LogP contribution is -2.35. The molecule has 3 nitrogen and oxygen atoms in total. The van der Waals surface area contributed by atoms with Gasteiger partial charge in [-0.05, 0) is 27.3 Å². The van der Waals surface area contributed by atoms with Crippen LogP contribution in [0.2, 0.25) is 13.1 Å². The predicted molar refractivity (Wildman–Crippen MR) is 52.9 cm³/mol. The SMILES string of the molecule is C[B-](F)(F)CCNC(=O)OC(C)(C)C. The highest BCUT2D eigenvalue weighted by Gasteiger charge is 2.18. The van der Waals surface area contributed by atoms with Crippen molar-refractivity contribution >= 4 is 12.8 Å². The third kappa shape index (κ3) is 9.28. The fourth-order valence-corrected chi connectivity index (χ4v) is 0.742. The van der Waals surface area contributed by atoms with Gasteiger partial charge in [0.05, 0.1) is 0 Å². The molecule has 0 aromatic rings.